The van der Waals surface area contributed by atoms with E-state index in [1.54, 1.807) is 12.5 Å². The number of aromatic nitrogens is 1. The predicted octanol–water partition coefficient (Wildman–Crippen LogP) is 1.89. The minimum absolute atomic E-state index is 0.302. The number of fused-ring (bicyclic) bond motifs is 1. The molecule has 0 bridgehead atoms. The van der Waals surface area contributed by atoms with Crippen molar-refractivity contribution in [3.8, 4) is 0 Å². The SMILES string of the molecule is CC(CN)c1coc2cccnc12. The van der Waals surface area contributed by atoms with E-state index in [0.29, 0.717) is 12.5 Å². The highest BCUT2D eigenvalue weighted by Gasteiger charge is 2.11. The van der Waals surface area contributed by atoms with Crippen molar-refractivity contribution in [2.75, 3.05) is 6.54 Å². The summed E-state index contributed by atoms with van der Waals surface area (Å²) in [5, 5.41) is 0. The van der Waals surface area contributed by atoms with Gasteiger partial charge in [-0.1, -0.05) is 6.92 Å². The van der Waals surface area contributed by atoms with Crippen molar-refractivity contribution in [3.05, 3.63) is 30.2 Å². The first-order valence-electron chi connectivity index (χ1n) is 4.35. The van der Waals surface area contributed by atoms with E-state index >= 15 is 0 Å². The van der Waals surface area contributed by atoms with E-state index in [0.717, 1.165) is 16.7 Å². The van der Waals surface area contributed by atoms with Gasteiger partial charge in [-0.2, -0.15) is 0 Å². The van der Waals surface area contributed by atoms with Gasteiger partial charge in [0.05, 0.1) is 6.26 Å². The molecule has 0 saturated heterocycles. The largest absolute Gasteiger partial charge is 0.462 e. The Bertz CT molecular complexity index is 408. The van der Waals surface area contributed by atoms with Crippen LogP contribution in [0, 0.1) is 0 Å². The summed E-state index contributed by atoms with van der Waals surface area (Å²) in [6, 6.07) is 3.78. The molecule has 0 spiro atoms. The number of rotatable bonds is 2. The van der Waals surface area contributed by atoms with E-state index in [4.69, 9.17) is 10.2 Å². The Balaban J connectivity index is 2.57. The molecule has 0 aliphatic carbocycles. The second-order valence-electron chi connectivity index (χ2n) is 3.18. The Labute approximate surface area is 76.6 Å². The Morgan fingerprint density at radius 2 is 2.46 bits per heavy atom. The highest BCUT2D eigenvalue weighted by atomic mass is 16.3. The van der Waals surface area contributed by atoms with Crippen LogP contribution in [0.3, 0.4) is 0 Å². The van der Waals surface area contributed by atoms with Crippen LogP contribution in [0.1, 0.15) is 18.4 Å². The second-order valence-corrected chi connectivity index (χ2v) is 3.18. The molecule has 0 fully saturated rings. The van der Waals surface area contributed by atoms with Crippen LogP contribution in [0.5, 0.6) is 0 Å². The molecule has 2 N–H and O–H groups in total. The summed E-state index contributed by atoms with van der Waals surface area (Å²) in [6.45, 7) is 2.68. The zero-order valence-electron chi connectivity index (χ0n) is 7.53. The summed E-state index contributed by atoms with van der Waals surface area (Å²) >= 11 is 0. The van der Waals surface area contributed by atoms with Crippen molar-refractivity contribution >= 4 is 11.1 Å². The summed E-state index contributed by atoms with van der Waals surface area (Å²) in [7, 11) is 0. The van der Waals surface area contributed by atoms with Gasteiger partial charge in [-0.25, -0.2) is 0 Å². The highest BCUT2D eigenvalue weighted by Crippen LogP contribution is 2.24. The van der Waals surface area contributed by atoms with Gasteiger partial charge in [0.25, 0.3) is 0 Å². The molecule has 0 saturated carbocycles. The molecule has 2 rings (SSSR count). The van der Waals surface area contributed by atoms with E-state index in [-0.39, 0.29) is 0 Å². The summed E-state index contributed by atoms with van der Waals surface area (Å²) < 4.78 is 5.35. The van der Waals surface area contributed by atoms with Crippen LogP contribution in [0.2, 0.25) is 0 Å². The van der Waals surface area contributed by atoms with E-state index in [2.05, 4.69) is 11.9 Å². The highest BCUT2D eigenvalue weighted by molar-refractivity contribution is 5.76. The first kappa shape index (κ1) is 8.26. The van der Waals surface area contributed by atoms with Crippen LogP contribution in [0.4, 0.5) is 0 Å². The van der Waals surface area contributed by atoms with E-state index in [1.165, 1.54) is 0 Å². The van der Waals surface area contributed by atoms with Gasteiger partial charge in [0.15, 0.2) is 5.58 Å². The lowest BCUT2D eigenvalue weighted by Gasteiger charge is -2.03. The molecule has 3 nitrogen and oxygen atoms in total. The molecule has 0 amide bonds. The van der Waals surface area contributed by atoms with Crippen molar-refractivity contribution in [1.82, 2.24) is 4.98 Å². The second kappa shape index (κ2) is 3.18. The quantitative estimate of drug-likeness (QED) is 0.760. The molecule has 2 aromatic heterocycles. The third kappa shape index (κ3) is 1.31. The maximum absolute atomic E-state index is 5.58. The maximum atomic E-state index is 5.58. The number of nitrogens with zero attached hydrogens (tertiary/aromatic N) is 1. The number of hydrogen-bond donors (Lipinski definition) is 1. The molecule has 13 heavy (non-hydrogen) atoms. The Hall–Kier alpha value is -1.35. The van der Waals surface area contributed by atoms with E-state index in [1.807, 2.05) is 12.1 Å². The van der Waals surface area contributed by atoms with Crippen molar-refractivity contribution in [1.29, 1.82) is 0 Å². The standard InChI is InChI=1S/C10H12N2O/c1-7(5-11)8-6-13-9-3-2-4-12-10(8)9/h2-4,6-7H,5,11H2,1H3. The number of pyridine rings is 1. The van der Waals surface area contributed by atoms with Gasteiger partial charge in [0.2, 0.25) is 0 Å². The predicted molar refractivity (Wildman–Crippen MR) is 51.5 cm³/mol. The maximum Gasteiger partial charge on any atom is 0.152 e. The summed E-state index contributed by atoms with van der Waals surface area (Å²) in [6.07, 6.45) is 3.51. The summed E-state index contributed by atoms with van der Waals surface area (Å²) in [5.74, 6) is 0.302. The number of nitrogens with two attached hydrogens (primary N) is 1. The van der Waals surface area contributed by atoms with Gasteiger partial charge in [0.1, 0.15) is 5.52 Å². The molecule has 0 aliphatic heterocycles. The molecule has 1 unspecified atom stereocenters. The van der Waals surface area contributed by atoms with E-state index in [9.17, 15) is 0 Å². The number of hydrogen-bond acceptors (Lipinski definition) is 3. The number of furan rings is 1. The fourth-order valence-electron chi connectivity index (χ4n) is 1.36. The molecule has 0 aliphatic rings. The molecule has 0 aromatic carbocycles. The lowest BCUT2D eigenvalue weighted by molar-refractivity contribution is 0.603. The summed E-state index contributed by atoms with van der Waals surface area (Å²) in [5.41, 5.74) is 8.44. The topological polar surface area (TPSA) is 52.0 Å². The first-order chi connectivity index (χ1) is 6.33. The normalized spacial score (nSPS) is 13.4. The molecular formula is C10H12N2O. The average Bonchev–Trinajstić information content (AvgIpc) is 2.60. The lowest BCUT2D eigenvalue weighted by atomic mass is 10.0. The van der Waals surface area contributed by atoms with Gasteiger partial charge < -0.3 is 10.2 Å². The third-order valence-electron chi connectivity index (χ3n) is 2.24. The van der Waals surface area contributed by atoms with Gasteiger partial charge in [-0.3, -0.25) is 4.98 Å². The molecule has 3 heteroatoms. The Kier molecular flexibility index (Phi) is 2.02. The smallest absolute Gasteiger partial charge is 0.152 e. The molecule has 1 atom stereocenters. The van der Waals surface area contributed by atoms with E-state index < -0.39 is 0 Å². The van der Waals surface area contributed by atoms with Gasteiger partial charge in [0, 0.05) is 11.8 Å². The third-order valence-corrected chi connectivity index (χ3v) is 2.24. The zero-order chi connectivity index (χ0) is 9.26. The van der Waals surface area contributed by atoms with Crippen LogP contribution in [0.25, 0.3) is 11.1 Å². The van der Waals surface area contributed by atoms with Crippen molar-refractivity contribution < 1.29 is 4.42 Å². The molecule has 0 radical (unpaired) electrons. The van der Waals surface area contributed by atoms with Crippen molar-refractivity contribution in [2.24, 2.45) is 5.73 Å². The first-order valence-corrected chi connectivity index (χ1v) is 4.35. The Morgan fingerprint density at radius 1 is 1.62 bits per heavy atom. The minimum Gasteiger partial charge on any atom is -0.462 e. The van der Waals surface area contributed by atoms with Gasteiger partial charge >= 0.3 is 0 Å². The van der Waals surface area contributed by atoms with Crippen molar-refractivity contribution in [3.63, 3.8) is 0 Å². The summed E-state index contributed by atoms with van der Waals surface area (Å²) in [4.78, 5) is 4.26. The zero-order valence-corrected chi connectivity index (χ0v) is 7.53. The fourth-order valence-corrected chi connectivity index (χ4v) is 1.36. The van der Waals surface area contributed by atoms with Crippen LogP contribution < -0.4 is 5.73 Å². The van der Waals surface area contributed by atoms with Gasteiger partial charge in [-0.15, -0.1) is 0 Å². The van der Waals surface area contributed by atoms with Gasteiger partial charge in [-0.05, 0) is 24.6 Å². The molecule has 2 heterocycles. The Morgan fingerprint density at radius 3 is 3.23 bits per heavy atom. The molecule has 68 valence electrons. The lowest BCUT2D eigenvalue weighted by Crippen LogP contribution is -2.08. The van der Waals surface area contributed by atoms with Crippen molar-refractivity contribution in [2.45, 2.75) is 12.8 Å². The van der Waals surface area contributed by atoms with Crippen LogP contribution in [0.15, 0.2) is 29.0 Å². The van der Waals surface area contributed by atoms with Crippen LogP contribution in [-0.2, 0) is 0 Å². The van der Waals surface area contributed by atoms with Crippen LogP contribution >= 0.6 is 0 Å². The monoisotopic (exact) mass is 176 g/mol. The molecular weight excluding hydrogens is 164 g/mol. The minimum atomic E-state index is 0.302. The average molecular weight is 176 g/mol. The fraction of sp³-hybridized carbons (Fsp3) is 0.300. The van der Waals surface area contributed by atoms with Crippen LogP contribution in [-0.4, -0.2) is 11.5 Å². The molecule has 2 aromatic rings.